The third-order valence-electron chi connectivity index (χ3n) is 2.65. The first-order chi connectivity index (χ1) is 6.00. The van der Waals surface area contributed by atoms with Crippen molar-refractivity contribution in [3.8, 4) is 0 Å². The summed E-state index contributed by atoms with van der Waals surface area (Å²) >= 11 is 0. The molecule has 0 aromatic carbocycles. The number of carbonyl (C=O) groups is 1. The second-order valence-electron chi connectivity index (χ2n) is 4.75. The molecule has 3 nitrogen and oxygen atoms in total. The Hall–Kier alpha value is -0.990. The highest BCUT2D eigenvalue weighted by atomic mass is 16.6. The van der Waals surface area contributed by atoms with Gasteiger partial charge in [-0.2, -0.15) is 0 Å². The minimum absolute atomic E-state index is 0.0919. The molecule has 0 bridgehead atoms. The number of fused-ring (bicyclic) bond motifs is 1. The zero-order chi connectivity index (χ0) is 9.64. The Labute approximate surface area is 78.4 Å². The molecule has 0 aromatic rings. The maximum atomic E-state index is 11.4. The van der Waals surface area contributed by atoms with E-state index in [4.69, 9.17) is 4.74 Å². The summed E-state index contributed by atoms with van der Waals surface area (Å²) in [7, 11) is 0. The van der Waals surface area contributed by atoms with E-state index in [1.165, 1.54) is 0 Å². The molecule has 0 spiro atoms. The summed E-state index contributed by atoms with van der Waals surface area (Å²) in [5, 5.41) is 0. The van der Waals surface area contributed by atoms with Gasteiger partial charge in [0.05, 0.1) is 12.1 Å². The summed E-state index contributed by atoms with van der Waals surface area (Å²) < 4.78 is 4.98. The molecule has 1 saturated heterocycles. The Balaban J connectivity index is 2.24. The standard InChI is InChI=1S/C10H15NO2/c1-10(2,3)8-5-4-7-6-13-9(12)11(7)8/h4-5,7-8H,6H2,1-3H3/t7-,8-/m1/s1. The molecular formula is C10H15NO2. The van der Waals surface area contributed by atoms with Crippen molar-refractivity contribution in [2.24, 2.45) is 5.41 Å². The molecule has 0 N–H and O–H groups in total. The Morgan fingerprint density at radius 3 is 2.77 bits per heavy atom. The van der Waals surface area contributed by atoms with Gasteiger partial charge in [0.1, 0.15) is 6.61 Å². The molecule has 2 atom stereocenters. The van der Waals surface area contributed by atoms with Crippen molar-refractivity contribution in [3.05, 3.63) is 12.2 Å². The van der Waals surface area contributed by atoms with Crippen LogP contribution < -0.4 is 0 Å². The van der Waals surface area contributed by atoms with Crippen LogP contribution >= 0.6 is 0 Å². The average molecular weight is 181 g/mol. The van der Waals surface area contributed by atoms with Crippen molar-refractivity contribution in [3.63, 3.8) is 0 Å². The van der Waals surface area contributed by atoms with Gasteiger partial charge in [-0.1, -0.05) is 32.9 Å². The van der Waals surface area contributed by atoms with Crippen LogP contribution in [0.5, 0.6) is 0 Å². The fraction of sp³-hybridized carbons (Fsp3) is 0.700. The van der Waals surface area contributed by atoms with Gasteiger partial charge in [-0.15, -0.1) is 0 Å². The first-order valence-corrected chi connectivity index (χ1v) is 4.63. The van der Waals surface area contributed by atoms with Crippen molar-refractivity contribution < 1.29 is 9.53 Å². The zero-order valence-corrected chi connectivity index (χ0v) is 8.28. The molecule has 72 valence electrons. The predicted molar refractivity (Wildman–Crippen MR) is 49.4 cm³/mol. The zero-order valence-electron chi connectivity index (χ0n) is 8.28. The quantitative estimate of drug-likeness (QED) is 0.533. The van der Waals surface area contributed by atoms with E-state index in [1.54, 1.807) is 0 Å². The van der Waals surface area contributed by atoms with Gasteiger partial charge in [-0.3, -0.25) is 4.90 Å². The van der Waals surface area contributed by atoms with Crippen LogP contribution in [0.3, 0.4) is 0 Å². The van der Waals surface area contributed by atoms with Crippen LogP contribution in [0, 0.1) is 5.41 Å². The van der Waals surface area contributed by atoms with Gasteiger partial charge in [-0.25, -0.2) is 4.79 Å². The SMILES string of the molecule is CC(C)(C)[C@H]1C=C[C@@H]2COC(=O)N21. The number of ether oxygens (including phenoxy) is 1. The van der Waals surface area contributed by atoms with Gasteiger partial charge in [0, 0.05) is 0 Å². The number of rotatable bonds is 0. The lowest BCUT2D eigenvalue weighted by atomic mass is 9.87. The molecule has 0 unspecified atom stereocenters. The molecule has 0 aromatic heterocycles. The van der Waals surface area contributed by atoms with E-state index in [-0.39, 0.29) is 23.6 Å². The molecule has 0 radical (unpaired) electrons. The largest absolute Gasteiger partial charge is 0.447 e. The van der Waals surface area contributed by atoms with Gasteiger partial charge in [0.25, 0.3) is 0 Å². The van der Waals surface area contributed by atoms with E-state index >= 15 is 0 Å². The van der Waals surface area contributed by atoms with E-state index < -0.39 is 0 Å². The average Bonchev–Trinajstić information content (AvgIpc) is 2.51. The molecule has 3 heteroatoms. The van der Waals surface area contributed by atoms with Crippen molar-refractivity contribution in [2.45, 2.75) is 32.9 Å². The summed E-state index contributed by atoms with van der Waals surface area (Å²) in [5.41, 5.74) is 0.0919. The summed E-state index contributed by atoms with van der Waals surface area (Å²) in [4.78, 5) is 13.2. The third kappa shape index (κ3) is 1.23. The van der Waals surface area contributed by atoms with Gasteiger partial charge in [0.15, 0.2) is 0 Å². The van der Waals surface area contributed by atoms with E-state index in [2.05, 4.69) is 32.9 Å². The lowest BCUT2D eigenvalue weighted by Gasteiger charge is -2.32. The number of nitrogens with zero attached hydrogens (tertiary/aromatic N) is 1. The van der Waals surface area contributed by atoms with Gasteiger partial charge >= 0.3 is 6.09 Å². The normalized spacial score (nSPS) is 32.2. The maximum absolute atomic E-state index is 11.4. The summed E-state index contributed by atoms with van der Waals surface area (Å²) in [6, 6.07) is 0.365. The lowest BCUT2D eigenvalue weighted by Crippen LogP contribution is -2.43. The Bertz CT molecular complexity index is 265. The van der Waals surface area contributed by atoms with Crippen LogP contribution in [0.4, 0.5) is 4.79 Å². The van der Waals surface area contributed by atoms with Crippen molar-refractivity contribution in [1.29, 1.82) is 0 Å². The highest BCUT2D eigenvalue weighted by Crippen LogP contribution is 2.34. The molecule has 0 saturated carbocycles. The van der Waals surface area contributed by atoms with Gasteiger partial charge < -0.3 is 4.74 Å². The number of carbonyl (C=O) groups excluding carboxylic acids is 1. The second kappa shape index (κ2) is 2.50. The molecule has 2 aliphatic heterocycles. The molecule has 2 aliphatic rings. The fourth-order valence-electron chi connectivity index (χ4n) is 1.95. The molecule has 1 fully saturated rings. The molecular weight excluding hydrogens is 166 g/mol. The minimum atomic E-state index is -0.171. The molecule has 13 heavy (non-hydrogen) atoms. The Kier molecular flexibility index (Phi) is 1.65. The third-order valence-corrected chi connectivity index (χ3v) is 2.65. The monoisotopic (exact) mass is 181 g/mol. The van der Waals surface area contributed by atoms with Crippen molar-refractivity contribution >= 4 is 6.09 Å². The summed E-state index contributed by atoms with van der Waals surface area (Å²) in [6.07, 6.45) is 4.02. The van der Waals surface area contributed by atoms with Crippen LogP contribution in [-0.4, -0.2) is 29.7 Å². The predicted octanol–water partition coefficient (Wildman–Crippen LogP) is 1.79. The van der Waals surface area contributed by atoms with E-state index in [0.717, 1.165) is 0 Å². The summed E-state index contributed by atoms with van der Waals surface area (Å²) in [6.45, 7) is 6.92. The minimum Gasteiger partial charge on any atom is -0.447 e. The smallest absolute Gasteiger partial charge is 0.410 e. The number of cyclic esters (lactones) is 1. The van der Waals surface area contributed by atoms with E-state index in [9.17, 15) is 4.79 Å². The maximum Gasteiger partial charge on any atom is 0.410 e. The van der Waals surface area contributed by atoms with Crippen molar-refractivity contribution in [1.82, 2.24) is 4.90 Å². The van der Waals surface area contributed by atoms with Crippen LogP contribution in [0.15, 0.2) is 12.2 Å². The van der Waals surface area contributed by atoms with Crippen LogP contribution in [-0.2, 0) is 4.74 Å². The first kappa shape index (κ1) is 8.60. The summed E-state index contributed by atoms with van der Waals surface area (Å²) in [5.74, 6) is 0. The van der Waals surface area contributed by atoms with Gasteiger partial charge in [0.2, 0.25) is 0 Å². The van der Waals surface area contributed by atoms with E-state index in [1.807, 2.05) is 4.90 Å². The number of amides is 1. The second-order valence-corrected chi connectivity index (χ2v) is 4.75. The van der Waals surface area contributed by atoms with Gasteiger partial charge in [-0.05, 0) is 5.41 Å². The number of hydrogen-bond donors (Lipinski definition) is 0. The van der Waals surface area contributed by atoms with Crippen LogP contribution in [0.2, 0.25) is 0 Å². The molecule has 2 rings (SSSR count). The fourth-order valence-corrected chi connectivity index (χ4v) is 1.95. The first-order valence-electron chi connectivity index (χ1n) is 4.63. The topological polar surface area (TPSA) is 29.5 Å². The van der Waals surface area contributed by atoms with Crippen LogP contribution in [0.1, 0.15) is 20.8 Å². The highest BCUT2D eigenvalue weighted by Gasteiger charge is 2.44. The highest BCUT2D eigenvalue weighted by molar-refractivity contribution is 5.72. The molecule has 1 amide bonds. The number of hydrogen-bond acceptors (Lipinski definition) is 2. The Morgan fingerprint density at radius 2 is 2.15 bits per heavy atom. The Morgan fingerprint density at radius 1 is 1.46 bits per heavy atom. The lowest BCUT2D eigenvalue weighted by molar-refractivity contribution is 0.131. The molecule has 0 aliphatic carbocycles. The van der Waals surface area contributed by atoms with Crippen LogP contribution in [0.25, 0.3) is 0 Å². The van der Waals surface area contributed by atoms with E-state index in [0.29, 0.717) is 6.61 Å². The molecule has 2 heterocycles. The van der Waals surface area contributed by atoms with Crippen molar-refractivity contribution in [2.75, 3.05) is 6.61 Å².